The Morgan fingerprint density at radius 2 is 1.48 bits per heavy atom. The third kappa shape index (κ3) is 3.51. The molecule has 0 aliphatic rings. The average Bonchev–Trinajstić information content (AvgIpc) is 2.58. The van der Waals surface area contributed by atoms with E-state index < -0.39 is 69.4 Å². The van der Waals surface area contributed by atoms with E-state index in [1.165, 1.54) is 0 Å². The Labute approximate surface area is 141 Å². The molecule has 0 saturated heterocycles. The number of carbonyl (C=O) groups excluding carboxylic acids is 1. The lowest BCUT2D eigenvalue weighted by Gasteiger charge is -2.13. The summed E-state index contributed by atoms with van der Waals surface area (Å²) in [5.74, 6) is -13.9. The predicted octanol–water partition coefficient (Wildman–Crippen LogP) is 4.39. The Balaban J connectivity index is 2.63. The molecule has 25 heavy (non-hydrogen) atoms. The van der Waals surface area contributed by atoms with Crippen LogP contribution >= 0.6 is 11.6 Å². The molecular weight excluding hydrogens is 378 g/mol. The van der Waals surface area contributed by atoms with Crippen molar-refractivity contribution < 1.29 is 40.6 Å². The molecule has 134 valence electrons. The molecule has 2 aromatic rings. The number of benzene rings is 2. The summed E-state index contributed by atoms with van der Waals surface area (Å²) in [7, 11) is 1.05. The lowest BCUT2D eigenvalue weighted by Crippen LogP contribution is -2.13. The van der Waals surface area contributed by atoms with Crippen LogP contribution in [0.5, 0.6) is 5.75 Å². The molecule has 0 aromatic heterocycles. The molecule has 3 nitrogen and oxygen atoms in total. The van der Waals surface area contributed by atoms with Gasteiger partial charge in [0.1, 0.15) is 11.6 Å². The highest BCUT2D eigenvalue weighted by Gasteiger charge is 2.28. The topological polar surface area (TPSA) is 35.5 Å². The van der Waals surface area contributed by atoms with Gasteiger partial charge in [-0.2, -0.15) is 0 Å². The van der Waals surface area contributed by atoms with Crippen molar-refractivity contribution in [2.45, 2.75) is 0 Å². The Kier molecular flexibility index (Phi) is 5.46. The molecule has 2 rings (SSSR count). The normalized spacial score (nSPS) is 10.7. The van der Waals surface area contributed by atoms with Gasteiger partial charge in [-0.3, -0.25) is 0 Å². The van der Waals surface area contributed by atoms with Gasteiger partial charge in [-0.25, -0.2) is 31.1 Å². The van der Waals surface area contributed by atoms with Crippen LogP contribution in [-0.4, -0.2) is 19.7 Å². The maximum atomic E-state index is 14.0. The maximum Gasteiger partial charge on any atom is 0.343 e. The van der Waals surface area contributed by atoms with Crippen LogP contribution in [0.2, 0.25) is 5.02 Å². The fraction of sp³-hybridized carbons (Fsp3) is 0.133. The third-order valence-corrected chi connectivity index (χ3v) is 3.37. The summed E-state index contributed by atoms with van der Waals surface area (Å²) in [5, 5.41) is -0.394. The second kappa shape index (κ2) is 7.22. The second-order valence-electron chi connectivity index (χ2n) is 4.57. The molecule has 0 fully saturated rings. The number of esters is 1. The number of carbonyl (C=O) groups is 1. The van der Waals surface area contributed by atoms with Crippen molar-refractivity contribution in [2.75, 3.05) is 13.7 Å². The zero-order valence-electron chi connectivity index (χ0n) is 12.2. The first kappa shape index (κ1) is 18.9. The molecular formula is C15H7ClF6O3. The van der Waals surface area contributed by atoms with Crippen LogP contribution in [0.1, 0.15) is 0 Å². The van der Waals surface area contributed by atoms with Crippen molar-refractivity contribution in [2.24, 2.45) is 0 Å². The SMILES string of the molecule is COC(=O)COc1cc(-c2c(F)c(F)c(F)c(F)c2F)c(F)cc1Cl. The number of ether oxygens (including phenoxy) is 2. The molecule has 0 aliphatic heterocycles. The minimum atomic E-state index is -2.38. The van der Waals surface area contributed by atoms with E-state index in [9.17, 15) is 31.1 Å². The van der Waals surface area contributed by atoms with Gasteiger partial charge in [-0.1, -0.05) is 11.6 Å². The summed E-state index contributed by atoms with van der Waals surface area (Å²) in [6.07, 6.45) is 0. The van der Waals surface area contributed by atoms with E-state index >= 15 is 0 Å². The lowest BCUT2D eigenvalue weighted by atomic mass is 10.0. The molecule has 2 aromatic carbocycles. The molecule has 0 N–H and O–H groups in total. The Morgan fingerprint density at radius 1 is 0.960 bits per heavy atom. The number of methoxy groups -OCH3 is 1. The highest BCUT2D eigenvalue weighted by atomic mass is 35.5. The fourth-order valence-electron chi connectivity index (χ4n) is 1.87. The first-order valence-corrected chi connectivity index (χ1v) is 6.77. The van der Waals surface area contributed by atoms with Crippen molar-refractivity contribution in [3.05, 3.63) is 52.1 Å². The summed E-state index contributed by atoms with van der Waals surface area (Å²) < 4.78 is 90.5. The zero-order valence-corrected chi connectivity index (χ0v) is 13.0. The molecule has 0 heterocycles. The van der Waals surface area contributed by atoms with Gasteiger partial charge in [0.25, 0.3) is 0 Å². The van der Waals surface area contributed by atoms with Crippen LogP contribution in [0.25, 0.3) is 11.1 Å². The fourth-order valence-corrected chi connectivity index (χ4v) is 2.07. The van der Waals surface area contributed by atoms with Gasteiger partial charge >= 0.3 is 5.97 Å². The van der Waals surface area contributed by atoms with Crippen molar-refractivity contribution in [3.63, 3.8) is 0 Å². The summed E-state index contributed by atoms with van der Waals surface area (Å²) in [6, 6.07) is 1.15. The Hall–Kier alpha value is -2.42. The minimum absolute atomic E-state index is 0.394. The average molecular weight is 385 g/mol. The van der Waals surface area contributed by atoms with Crippen molar-refractivity contribution >= 4 is 17.6 Å². The van der Waals surface area contributed by atoms with E-state index in [-0.39, 0.29) is 0 Å². The van der Waals surface area contributed by atoms with Crippen LogP contribution in [0.15, 0.2) is 12.1 Å². The minimum Gasteiger partial charge on any atom is -0.480 e. The molecule has 0 unspecified atom stereocenters. The van der Waals surface area contributed by atoms with Crippen LogP contribution in [0.3, 0.4) is 0 Å². The molecule has 0 atom stereocenters. The zero-order chi connectivity index (χ0) is 18.9. The summed E-state index contributed by atoms with van der Waals surface area (Å²) in [6.45, 7) is -0.682. The van der Waals surface area contributed by atoms with Crippen LogP contribution in [0, 0.1) is 34.9 Å². The molecule has 0 saturated carbocycles. The van der Waals surface area contributed by atoms with Crippen molar-refractivity contribution in [3.8, 4) is 16.9 Å². The molecule has 0 amide bonds. The van der Waals surface area contributed by atoms with Crippen molar-refractivity contribution in [1.29, 1.82) is 0 Å². The lowest BCUT2D eigenvalue weighted by molar-refractivity contribution is -0.142. The van der Waals surface area contributed by atoms with E-state index in [2.05, 4.69) is 4.74 Å². The van der Waals surface area contributed by atoms with E-state index in [0.717, 1.165) is 7.11 Å². The quantitative estimate of drug-likeness (QED) is 0.339. The van der Waals surface area contributed by atoms with Gasteiger partial charge in [-0.15, -0.1) is 0 Å². The van der Waals surface area contributed by atoms with Crippen molar-refractivity contribution in [1.82, 2.24) is 0 Å². The van der Waals surface area contributed by atoms with Crippen LogP contribution < -0.4 is 4.74 Å². The molecule has 10 heteroatoms. The third-order valence-electron chi connectivity index (χ3n) is 3.07. The highest BCUT2D eigenvalue weighted by molar-refractivity contribution is 6.32. The van der Waals surface area contributed by atoms with E-state index in [0.29, 0.717) is 12.1 Å². The summed E-state index contributed by atoms with van der Waals surface area (Å²) >= 11 is 5.67. The van der Waals surface area contributed by atoms with E-state index in [4.69, 9.17) is 16.3 Å². The monoisotopic (exact) mass is 384 g/mol. The summed E-state index contributed by atoms with van der Waals surface area (Å²) in [5.41, 5.74) is -2.48. The number of hydrogen-bond acceptors (Lipinski definition) is 3. The number of rotatable bonds is 4. The molecule has 0 bridgehead atoms. The molecule has 0 spiro atoms. The van der Waals surface area contributed by atoms with Crippen LogP contribution in [-0.2, 0) is 9.53 Å². The van der Waals surface area contributed by atoms with Gasteiger partial charge < -0.3 is 9.47 Å². The van der Waals surface area contributed by atoms with Gasteiger partial charge in [0.15, 0.2) is 29.9 Å². The first-order valence-electron chi connectivity index (χ1n) is 6.39. The molecule has 0 radical (unpaired) electrons. The summed E-state index contributed by atoms with van der Waals surface area (Å²) in [4.78, 5) is 11.0. The van der Waals surface area contributed by atoms with Crippen LogP contribution in [0.4, 0.5) is 26.3 Å². The Morgan fingerprint density at radius 3 is 2.00 bits per heavy atom. The smallest absolute Gasteiger partial charge is 0.343 e. The van der Waals surface area contributed by atoms with Gasteiger partial charge in [0, 0.05) is 5.56 Å². The largest absolute Gasteiger partial charge is 0.480 e. The molecule has 0 aliphatic carbocycles. The van der Waals surface area contributed by atoms with E-state index in [1.54, 1.807) is 0 Å². The first-order chi connectivity index (χ1) is 11.7. The standard InChI is InChI=1S/C15H7ClF6O3/c1-24-9(23)4-25-8-2-5(7(17)3-6(8)16)10-11(18)13(20)15(22)14(21)12(10)19/h2-3H,4H2,1H3. The van der Waals surface area contributed by atoms with Gasteiger partial charge in [0.2, 0.25) is 5.82 Å². The predicted molar refractivity (Wildman–Crippen MR) is 74.1 cm³/mol. The maximum absolute atomic E-state index is 14.0. The van der Waals surface area contributed by atoms with Gasteiger partial charge in [-0.05, 0) is 12.1 Å². The Bertz CT molecular complexity index is 827. The van der Waals surface area contributed by atoms with E-state index in [1.807, 2.05) is 0 Å². The highest BCUT2D eigenvalue weighted by Crippen LogP contribution is 2.37. The number of hydrogen-bond donors (Lipinski definition) is 0. The second-order valence-corrected chi connectivity index (χ2v) is 4.98. The number of halogens is 7. The van der Waals surface area contributed by atoms with Gasteiger partial charge in [0.05, 0.1) is 17.7 Å².